The molecule has 0 N–H and O–H groups in total. The van der Waals surface area contributed by atoms with Gasteiger partial charge in [-0.2, -0.15) is 0 Å². The normalized spacial score (nSPS) is 24.4. The highest BCUT2D eigenvalue weighted by molar-refractivity contribution is 6.35. The number of ether oxygens (including phenoxy) is 2. The maximum absolute atomic E-state index is 13.1. The van der Waals surface area contributed by atoms with E-state index in [1.807, 2.05) is 17.0 Å². The zero-order valence-corrected chi connectivity index (χ0v) is 18.7. The second-order valence-corrected chi connectivity index (χ2v) is 8.76. The van der Waals surface area contributed by atoms with Crippen LogP contribution in [0.4, 0.5) is 0 Å². The van der Waals surface area contributed by atoms with Crippen molar-refractivity contribution in [3.05, 3.63) is 63.6 Å². The Morgan fingerprint density at radius 2 is 1.87 bits per heavy atom. The Labute approximate surface area is 187 Å². The van der Waals surface area contributed by atoms with Gasteiger partial charge in [-0.1, -0.05) is 41.4 Å². The average Bonchev–Trinajstić information content (AvgIpc) is 2.78. The maximum Gasteiger partial charge on any atom is 0.255 e. The molecule has 2 unspecified atom stereocenters. The van der Waals surface area contributed by atoms with Crippen LogP contribution in [-0.2, 0) is 10.3 Å². The Morgan fingerprint density at radius 3 is 2.57 bits per heavy atom. The van der Waals surface area contributed by atoms with Crippen LogP contribution >= 0.6 is 23.2 Å². The smallest absolute Gasteiger partial charge is 0.255 e. The Morgan fingerprint density at radius 1 is 1.10 bits per heavy atom. The summed E-state index contributed by atoms with van der Waals surface area (Å²) in [6.45, 7) is 2.95. The lowest BCUT2D eigenvalue weighted by Crippen LogP contribution is -2.61. The molecule has 2 aromatic carbocycles. The van der Waals surface area contributed by atoms with Crippen LogP contribution < -0.4 is 4.74 Å². The summed E-state index contributed by atoms with van der Waals surface area (Å²) in [5.74, 6) is 0.478. The van der Waals surface area contributed by atoms with E-state index in [1.165, 1.54) is 0 Å². The molecule has 2 aliphatic rings. The summed E-state index contributed by atoms with van der Waals surface area (Å²) in [5.41, 5.74) is 1.30. The summed E-state index contributed by atoms with van der Waals surface area (Å²) < 4.78 is 11.3. The van der Waals surface area contributed by atoms with Gasteiger partial charge in [-0.15, -0.1) is 0 Å². The monoisotopic (exact) mass is 448 g/mol. The van der Waals surface area contributed by atoms with E-state index in [0.29, 0.717) is 35.5 Å². The molecule has 2 aromatic rings. The summed E-state index contributed by atoms with van der Waals surface area (Å²) in [6.07, 6.45) is 1.85. The highest BCUT2D eigenvalue weighted by atomic mass is 35.5. The number of carbonyl (C=O) groups excluding carboxylic acids is 1. The quantitative estimate of drug-likeness (QED) is 0.691. The van der Waals surface area contributed by atoms with E-state index in [4.69, 9.17) is 32.7 Å². The number of rotatable bonds is 4. The first kappa shape index (κ1) is 21.4. The molecule has 4 rings (SSSR count). The third-order valence-electron chi connectivity index (χ3n) is 6.41. The second kappa shape index (κ2) is 8.75. The lowest BCUT2D eigenvalue weighted by Gasteiger charge is -2.50. The molecule has 2 saturated heterocycles. The number of piperazine rings is 1. The number of hydrogen-bond acceptors (Lipinski definition) is 4. The molecule has 2 heterocycles. The van der Waals surface area contributed by atoms with Crippen LogP contribution in [-0.4, -0.2) is 62.1 Å². The van der Waals surface area contributed by atoms with Crippen LogP contribution in [0.25, 0.3) is 0 Å². The molecule has 0 aliphatic carbocycles. The van der Waals surface area contributed by atoms with Gasteiger partial charge in [0.15, 0.2) is 0 Å². The zero-order valence-electron chi connectivity index (χ0n) is 17.2. The van der Waals surface area contributed by atoms with E-state index in [9.17, 15) is 4.79 Å². The Kier molecular flexibility index (Phi) is 6.26. The van der Waals surface area contributed by atoms with Crippen molar-refractivity contribution in [3.8, 4) is 5.75 Å². The maximum atomic E-state index is 13.1. The van der Waals surface area contributed by atoms with Crippen LogP contribution in [0.15, 0.2) is 42.5 Å². The number of methoxy groups -OCH3 is 2. The Bertz CT molecular complexity index is 921. The zero-order chi connectivity index (χ0) is 21.3. The first-order chi connectivity index (χ1) is 14.5. The van der Waals surface area contributed by atoms with E-state index in [0.717, 1.165) is 36.5 Å². The van der Waals surface area contributed by atoms with Crippen molar-refractivity contribution in [2.45, 2.75) is 24.5 Å². The minimum absolute atomic E-state index is 0.0418. The minimum Gasteiger partial charge on any atom is -0.495 e. The molecular formula is C23H26Cl2N2O3. The van der Waals surface area contributed by atoms with Gasteiger partial charge in [0.1, 0.15) is 11.4 Å². The van der Waals surface area contributed by atoms with Gasteiger partial charge < -0.3 is 14.4 Å². The van der Waals surface area contributed by atoms with Crippen LogP contribution in [0.2, 0.25) is 10.0 Å². The molecule has 0 aromatic heterocycles. The fourth-order valence-corrected chi connectivity index (χ4v) is 5.05. The summed E-state index contributed by atoms with van der Waals surface area (Å²) in [5, 5.41) is 1.10. The summed E-state index contributed by atoms with van der Waals surface area (Å²) in [6, 6.07) is 13.6. The highest BCUT2D eigenvalue weighted by Crippen LogP contribution is 2.39. The van der Waals surface area contributed by atoms with Gasteiger partial charge in [-0.3, -0.25) is 9.69 Å². The predicted molar refractivity (Wildman–Crippen MR) is 119 cm³/mol. The van der Waals surface area contributed by atoms with Gasteiger partial charge in [-0.05, 0) is 42.7 Å². The molecule has 0 spiro atoms. The molecule has 0 radical (unpaired) electrons. The van der Waals surface area contributed by atoms with E-state index >= 15 is 0 Å². The fraction of sp³-hybridized carbons (Fsp3) is 0.435. The molecule has 0 saturated carbocycles. The van der Waals surface area contributed by atoms with Crippen LogP contribution in [0.3, 0.4) is 0 Å². The molecule has 2 fully saturated rings. The average molecular weight is 449 g/mol. The van der Waals surface area contributed by atoms with Crippen molar-refractivity contribution < 1.29 is 14.3 Å². The van der Waals surface area contributed by atoms with Gasteiger partial charge in [-0.25, -0.2) is 0 Å². The van der Waals surface area contributed by atoms with E-state index in [1.54, 1.807) is 32.4 Å². The number of hydrogen-bond donors (Lipinski definition) is 0. The molecule has 160 valence electrons. The van der Waals surface area contributed by atoms with E-state index in [2.05, 4.69) is 17.0 Å². The molecular weight excluding hydrogens is 423 g/mol. The van der Waals surface area contributed by atoms with Gasteiger partial charge in [0.25, 0.3) is 5.91 Å². The molecule has 7 heteroatoms. The van der Waals surface area contributed by atoms with Crippen molar-refractivity contribution in [1.82, 2.24) is 9.80 Å². The molecule has 30 heavy (non-hydrogen) atoms. The standard InChI is InChI=1S/C23H26Cl2N2O3/c1-29-20-5-3-4-19(21(20)25)22(28)26-12-13-27-15-23(30-2,11-10-18(27)14-26)16-6-8-17(24)9-7-16/h3-9,18H,10-15H2,1-2H3. The Balaban J connectivity index is 1.48. The predicted octanol–water partition coefficient (Wildman–Crippen LogP) is 4.46. The highest BCUT2D eigenvalue weighted by Gasteiger charge is 2.43. The lowest BCUT2D eigenvalue weighted by molar-refractivity contribution is -0.0985. The molecule has 1 amide bonds. The van der Waals surface area contributed by atoms with Crippen molar-refractivity contribution >= 4 is 29.1 Å². The lowest BCUT2D eigenvalue weighted by atomic mass is 9.82. The first-order valence-electron chi connectivity index (χ1n) is 10.1. The Hall–Kier alpha value is -1.79. The molecule has 2 atom stereocenters. The summed E-state index contributed by atoms with van der Waals surface area (Å²) >= 11 is 12.5. The van der Waals surface area contributed by atoms with Gasteiger partial charge in [0.05, 0.1) is 17.7 Å². The third-order valence-corrected chi connectivity index (χ3v) is 7.05. The summed E-state index contributed by atoms with van der Waals surface area (Å²) in [7, 11) is 3.33. The topological polar surface area (TPSA) is 42.0 Å². The molecule has 0 bridgehead atoms. The largest absolute Gasteiger partial charge is 0.495 e. The van der Waals surface area contributed by atoms with Crippen LogP contribution in [0.5, 0.6) is 5.75 Å². The number of halogens is 2. The van der Waals surface area contributed by atoms with Crippen LogP contribution in [0.1, 0.15) is 28.8 Å². The van der Waals surface area contributed by atoms with E-state index in [-0.39, 0.29) is 11.5 Å². The first-order valence-corrected chi connectivity index (χ1v) is 10.9. The van der Waals surface area contributed by atoms with Crippen molar-refractivity contribution in [2.75, 3.05) is 40.4 Å². The number of nitrogens with zero attached hydrogens (tertiary/aromatic N) is 2. The SMILES string of the molecule is COc1cccc(C(=O)N2CCN3CC(OC)(c4ccc(Cl)cc4)CCC3C2)c1Cl. The number of carbonyl (C=O) groups is 1. The molecule has 2 aliphatic heterocycles. The summed E-state index contributed by atoms with van der Waals surface area (Å²) in [4.78, 5) is 17.5. The number of fused-ring (bicyclic) bond motifs is 1. The van der Waals surface area contributed by atoms with Crippen LogP contribution in [0, 0.1) is 0 Å². The van der Waals surface area contributed by atoms with Gasteiger partial charge in [0, 0.05) is 44.4 Å². The van der Waals surface area contributed by atoms with Crippen molar-refractivity contribution in [3.63, 3.8) is 0 Å². The van der Waals surface area contributed by atoms with E-state index < -0.39 is 0 Å². The number of benzene rings is 2. The fourth-order valence-electron chi connectivity index (χ4n) is 4.64. The third kappa shape index (κ3) is 3.92. The molecule has 5 nitrogen and oxygen atoms in total. The van der Waals surface area contributed by atoms with Crippen molar-refractivity contribution in [2.24, 2.45) is 0 Å². The minimum atomic E-state index is -0.344. The number of amides is 1. The number of piperidine rings is 1. The van der Waals surface area contributed by atoms with Crippen molar-refractivity contribution in [1.29, 1.82) is 0 Å². The van der Waals surface area contributed by atoms with Gasteiger partial charge in [0.2, 0.25) is 0 Å². The second-order valence-electron chi connectivity index (χ2n) is 7.94. The van der Waals surface area contributed by atoms with Gasteiger partial charge >= 0.3 is 0 Å².